The number of hydrogen-bond acceptors (Lipinski definition) is 4. The standard InChI is InChI=1S/C18H16N4O/c1-2-13-9-19-18-16(13)8-15(10-20-18)14-5-3-12(4-6-14)7-17-22-21-11-23-17/h3-6,8-11H,2,7H2,1H3,(H,19,20). The van der Waals surface area contributed by atoms with Gasteiger partial charge in [0.2, 0.25) is 12.3 Å². The molecule has 0 unspecified atom stereocenters. The molecule has 23 heavy (non-hydrogen) atoms. The Balaban J connectivity index is 1.64. The highest BCUT2D eigenvalue weighted by Gasteiger charge is 2.07. The number of H-pyrrole nitrogens is 1. The summed E-state index contributed by atoms with van der Waals surface area (Å²) in [6, 6.07) is 10.6. The van der Waals surface area contributed by atoms with Gasteiger partial charge in [-0.25, -0.2) is 4.98 Å². The molecule has 1 N–H and O–H groups in total. The number of rotatable bonds is 4. The molecule has 0 aliphatic carbocycles. The Labute approximate surface area is 133 Å². The molecule has 3 aromatic heterocycles. The van der Waals surface area contributed by atoms with Crippen LogP contribution in [0.25, 0.3) is 22.2 Å². The molecule has 0 saturated carbocycles. The molecule has 1 aromatic carbocycles. The van der Waals surface area contributed by atoms with E-state index in [0.29, 0.717) is 12.3 Å². The first-order valence-corrected chi connectivity index (χ1v) is 7.64. The van der Waals surface area contributed by atoms with Crippen LogP contribution in [0.15, 0.2) is 53.5 Å². The van der Waals surface area contributed by atoms with Crippen LogP contribution in [0.5, 0.6) is 0 Å². The molecule has 3 heterocycles. The Bertz CT molecular complexity index is 923. The zero-order chi connectivity index (χ0) is 15.6. The van der Waals surface area contributed by atoms with Crippen LogP contribution in [0.2, 0.25) is 0 Å². The second-order valence-corrected chi connectivity index (χ2v) is 5.49. The Kier molecular flexibility index (Phi) is 3.38. The first-order valence-electron chi connectivity index (χ1n) is 7.64. The molecule has 0 radical (unpaired) electrons. The van der Waals surface area contributed by atoms with Gasteiger partial charge in [0.15, 0.2) is 0 Å². The lowest BCUT2D eigenvalue weighted by molar-refractivity contribution is 0.505. The van der Waals surface area contributed by atoms with Crippen molar-refractivity contribution in [3.05, 3.63) is 66.1 Å². The quantitative estimate of drug-likeness (QED) is 0.623. The molecule has 0 saturated heterocycles. The maximum Gasteiger partial charge on any atom is 0.220 e. The average Bonchev–Trinajstić information content (AvgIpc) is 3.24. The zero-order valence-corrected chi connectivity index (χ0v) is 12.8. The molecule has 0 bridgehead atoms. The van der Waals surface area contributed by atoms with Gasteiger partial charge in [-0.1, -0.05) is 31.2 Å². The lowest BCUT2D eigenvalue weighted by Crippen LogP contribution is -1.89. The molecule has 0 spiro atoms. The van der Waals surface area contributed by atoms with E-state index in [9.17, 15) is 0 Å². The highest BCUT2D eigenvalue weighted by Crippen LogP contribution is 2.25. The predicted molar refractivity (Wildman–Crippen MR) is 88.0 cm³/mol. The molecule has 0 atom stereocenters. The third-order valence-electron chi connectivity index (χ3n) is 4.05. The number of pyridine rings is 1. The summed E-state index contributed by atoms with van der Waals surface area (Å²) in [5.41, 5.74) is 5.65. The van der Waals surface area contributed by atoms with Gasteiger partial charge in [-0.15, -0.1) is 10.2 Å². The van der Waals surface area contributed by atoms with Gasteiger partial charge < -0.3 is 9.40 Å². The fourth-order valence-electron chi connectivity index (χ4n) is 2.77. The van der Waals surface area contributed by atoms with Gasteiger partial charge in [0, 0.05) is 23.3 Å². The van der Waals surface area contributed by atoms with Crippen molar-refractivity contribution in [1.82, 2.24) is 20.2 Å². The SMILES string of the molecule is CCc1c[nH]c2ncc(-c3ccc(Cc4nnco4)cc3)cc12. The molecule has 4 aromatic rings. The Hall–Kier alpha value is -2.95. The van der Waals surface area contributed by atoms with Crippen LogP contribution in [0.1, 0.15) is 23.9 Å². The van der Waals surface area contributed by atoms with Crippen molar-refractivity contribution in [2.75, 3.05) is 0 Å². The van der Waals surface area contributed by atoms with Gasteiger partial charge in [-0.3, -0.25) is 0 Å². The van der Waals surface area contributed by atoms with Crippen molar-refractivity contribution >= 4 is 11.0 Å². The number of hydrogen-bond donors (Lipinski definition) is 1. The minimum atomic E-state index is 0.626. The monoisotopic (exact) mass is 304 g/mol. The van der Waals surface area contributed by atoms with Gasteiger partial charge in [-0.05, 0) is 29.2 Å². The number of aromatic amines is 1. The second kappa shape index (κ2) is 5.68. The van der Waals surface area contributed by atoms with Gasteiger partial charge >= 0.3 is 0 Å². The maximum absolute atomic E-state index is 5.18. The predicted octanol–water partition coefficient (Wildman–Crippen LogP) is 3.77. The van der Waals surface area contributed by atoms with Crippen LogP contribution in [-0.4, -0.2) is 20.2 Å². The Morgan fingerprint density at radius 1 is 1.13 bits per heavy atom. The Morgan fingerprint density at radius 3 is 2.74 bits per heavy atom. The number of benzene rings is 1. The van der Waals surface area contributed by atoms with Gasteiger partial charge in [0.1, 0.15) is 5.65 Å². The molecule has 0 fully saturated rings. The summed E-state index contributed by atoms with van der Waals surface area (Å²) < 4.78 is 5.18. The largest absolute Gasteiger partial charge is 0.428 e. The molecule has 5 heteroatoms. The minimum Gasteiger partial charge on any atom is -0.428 e. The number of nitrogens with zero attached hydrogens (tertiary/aromatic N) is 3. The van der Waals surface area contributed by atoms with Crippen molar-refractivity contribution in [2.24, 2.45) is 0 Å². The van der Waals surface area contributed by atoms with Crippen LogP contribution < -0.4 is 0 Å². The fourth-order valence-corrected chi connectivity index (χ4v) is 2.77. The van der Waals surface area contributed by atoms with Crippen LogP contribution in [0.3, 0.4) is 0 Å². The van der Waals surface area contributed by atoms with E-state index in [0.717, 1.165) is 28.8 Å². The summed E-state index contributed by atoms with van der Waals surface area (Å²) in [6.07, 6.45) is 6.94. The lowest BCUT2D eigenvalue weighted by atomic mass is 10.0. The fraction of sp³-hybridized carbons (Fsp3) is 0.167. The van der Waals surface area contributed by atoms with Crippen molar-refractivity contribution in [3.63, 3.8) is 0 Å². The normalized spacial score (nSPS) is 11.2. The summed E-state index contributed by atoms with van der Waals surface area (Å²) in [4.78, 5) is 7.74. The van der Waals surface area contributed by atoms with E-state index in [1.165, 1.54) is 17.3 Å². The molecule has 0 amide bonds. The number of aryl methyl sites for hydroxylation is 1. The maximum atomic E-state index is 5.18. The molecule has 0 aliphatic heterocycles. The van der Waals surface area contributed by atoms with Crippen LogP contribution >= 0.6 is 0 Å². The van der Waals surface area contributed by atoms with Crippen molar-refractivity contribution in [3.8, 4) is 11.1 Å². The summed E-state index contributed by atoms with van der Waals surface area (Å²) >= 11 is 0. The minimum absolute atomic E-state index is 0.626. The summed E-state index contributed by atoms with van der Waals surface area (Å²) in [6.45, 7) is 2.15. The summed E-state index contributed by atoms with van der Waals surface area (Å²) in [5.74, 6) is 0.626. The summed E-state index contributed by atoms with van der Waals surface area (Å²) in [7, 11) is 0. The third-order valence-corrected chi connectivity index (χ3v) is 4.05. The van der Waals surface area contributed by atoms with E-state index in [-0.39, 0.29) is 0 Å². The van der Waals surface area contributed by atoms with E-state index in [1.54, 1.807) is 0 Å². The molecule has 4 rings (SSSR count). The topological polar surface area (TPSA) is 67.6 Å². The van der Waals surface area contributed by atoms with Gasteiger partial charge in [-0.2, -0.15) is 0 Å². The van der Waals surface area contributed by atoms with Crippen molar-refractivity contribution in [2.45, 2.75) is 19.8 Å². The van der Waals surface area contributed by atoms with E-state index < -0.39 is 0 Å². The van der Waals surface area contributed by atoms with E-state index in [1.807, 2.05) is 12.4 Å². The number of aromatic nitrogens is 4. The van der Waals surface area contributed by atoms with E-state index >= 15 is 0 Å². The van der Waals surface area contributed by atoms with E-state index in [2.05, 4.69) is 57.4 Å². The Morgan fingerprint density at radius 2 is 2.00 bits per heavy atom. The highest BCUT2D eigenvalue weighted by atomic mass is 16.4. The first-order chi connectivity index (χ1) is 11.3. The highest BCUT2D eigenvalue weighted by molar-refractivity contribution is 5.84. The van der Waals surface area contributed by atoms with Gasteiger partial charge in [0.05, 0.1) is 6.42 Å². The molecule has 5 nitrogen and oxygen atoms in total. The molecular formula is C18H16N4O. The van der Waals surface area contributed by atoms with Crippen LogP contribution in [0.4, 0.5) is 0 Å². The average molecular weight is 304 g/mol. The van der Waals surface area contributed by atoms with Crippen molar-refractivity contribution < 1.29 is 4.42 Å². The smallest absolute Gasteiger partial charge is 0.220 e. The molecule has 114 valence electrons. The molecule has 0 aliphatic rings. The third kappa shape index (κ3) is 2.61. The van der Waals surface area contributed by atoms with Gasteiger partial charge in [0.25, 0.3) is 0 Å². The van der Waals surface area contributed by atoms with Crippen LogP contribution in [-0.2, 0) is 12.8 Å². The number of nitrogens with one attached hydrogen (secondary N) is 1. The summed E-state index contributed by atoms with van der Waals surface area (Å²) in [5, 5.41) is 8.80. The molecular weight excluding hydrogens is 288 g/mol. The lowest BCUT2D eigenvalue weighted by Gasteiger charge is -2.04. The van der Waals surface area contributed by atoms with Crippen LogP contribution in [0, 0.1) is 0 Å². The zero-order valence-electron chi connectivity index (χ0n) is 12.8. The van der Waals surface area contributed by atoms with E-state index in [4.69, 9.17) is 4.42 Å². The van der Waals surface area contributed by atoms with Crippen molar-refractivity contribution in [1.29, 1.82) is 0 Å². The second-order valence-electron chi connectivity index (χ2n) is 5.49. The number of fused-ring (bicyclic) bond motifs is 1. The first kappa shape index (κ1) is 13.7.